The molecule has 76 valence electrons. The number of hydrogen-bond acceptors (Lipinski definition) is 3. The molecule has 5 heteroatoms. The van der Waals surface area contributed by atoms with Crippen LogP contribution < -0.4 is 21.2 Å². The Kier molecular flexibility index (Phi) is 3.17. The maximum Gasteiger partial charge on any atom is 0.217 e. The lowest BCUT2D eigenvalue weighted by molar-refractivity contribution is 0.415. The van der Waals surface area contributed by atoms with E-state index in [1.54, 1.807) is 19.1 Å². The topological polar surface area (TPSA) is 76.9 Å². The summed E-state index contributed by atoms with van der Waals surface area (Å²) < 4.78 is 5.03. The fraction of sp³-hybridized carbons (Fsp3) is 0.222. The number of hydrazone groups is 1. The molecule has 1 rings (SSSR count). The van der Waals surface area contributed by atoms with Gasteiger partial charge in [-0.05, 0) is 24.3 Å². The molecule has 0 saturated heterocycles. The van der Waals surface area contributed by atoms with Crippen LogP contribution in [0.1, 0.15) is 0 Å². The lowest BCUT2D eigenvalue weighted by Crippen LogP contribution is -2.34. The number of ether oxygens (including phenoxy) is 1. The van der Waals surface area contributed by atoms with E-state index in [4.69, 9.17) is 16.3 Å². The van der Waals surface area contributed by atoms with Crippen molar-refractivity contribution in [1.29, 1.82) is 0 Å². The maximum atomic E-state index is 5.54. The van der Waals surface area contributed by atoms with Crippen LogP contribution in [0.4, 0.5) is 5.69 Å². The summed E-state index contributed by atoms with van der Waals surface area (Å²) >= 11 is 0. The van der Waals surface area contributed by atoms with E-state index < -0.39 is 0 Å². The van der Waals surface area contributed by atoms with Crippen molar-refractivity contribution in [3.05, 3.63) is 24.3 Å². The van der Waals surface area contributed by atoms with Crippen molar-refractivity contribution < 1.29 is 4.74 Å². The van der Waals surface area contributed by atoms with E-state index in [0.717, 1.165) is 11.4 Å². The van der Waals surface area contributed by atoms with Gasteiger partial charge in [0, 0.05) is 12.7 Å². The maximum absolute atomic E-state index is 5.54. The van der Waals surface area contributed by atoms with Crippen LogP contribution in [0.5, 0.6) is 5.75 Å². The first-order valence-electron chi connectivity index (χ1n) is 4.10. The number of rotatable bonds is 2. The third kappa shape index (κ3) is 2.07. The molecule has 0 aliphatic carbocycles. The van der Waals surface area contributed by atoms with Gasteiger partial charge in [-0.15, -0.1) is 5.10 Å². The van der Waals surface area contributed by atoms with Crippen LogP contribution in [0, 0.1) is 0 Å². The molecule has 14 heavy (non-hydrogen) atoms. The van der Waals surface area contributed by atoms with Gasteiger partial charge in [0.25, 0.3) is 0 Å². The number of nitrogens with zero attached hydrogens (tertiary/aromatic N) is 2. The van der Waals surface area contributed by atoms with E-state index >= 15 is 0 Å². The second-order valence-corrected chi connectivity index (χ2v) is 2.74. The molecule has 1 aromatic carbocycles. The quantitative estimate of drug-likeness (QED) is 0.307. The van der Waals surface area contributed by atoms with Gasteiger partial charge in [0.15, 0.2) is 0 Å². The second-order valence-electron chi connectivity index (χ2n) is 2.74. The van der Waals surface area contributed by atoms with Gasteiger partial charge in [0.05, 0.1) is 7.11 Å². The number of anilines is 1. The predicted molar refractivity (Wildman–Crippen MR) is 57.2 cm³/mol. The molecule has 0 aromatic heterocycles. The molecule has 0 amide bonds. The van der Waals surface area contributed by atoms with E-state index in [2.05, 4.69) is 5.10 Å². The van der Waals surface area contributed by atoms with Gasteiger partial charge < -0.3 is 21.2 Å². The Morgan fingerprint density at radius 3 is 2.36 bits per heavy atom. The fourth-order valence-electron chi connectivity index (χ4n) is 1.02. The summed E-state index contributed by atoms with van der Waals surface area (Å²) in [5.74, 6) is 6.12. The van der Waals surface area contributed by atoms with Crippen molar-refractivity contribution in [3.63, 3.8) is 0 Å². The number of hydrogen-bond donors (Lipinski definition) is 2. The highest BCUT2D eigenvalue weighted by Crippen LogP contribution is 2.17. The van der Waals surface area contributed by atoms with Gasteiger partial charge in [0.1, 0.15) is 5.75 Å². The Hall–Kier alpha value is -1.91. The van der Waals surface area contributed by atoms with E-state index in [9.17, 15) is 0 Å². The Morgan fingerprint density at radius 2 is 1.93 bits per heavy atom. The van der Waals surface area contributed by atoms with E-state index in [0.29, 0.717) is 0 Å². The summed E-state index contributed by atoms with van der Waals surface area (Å²) in [7, 11) is 3.40. The largest absolute Gasteiger partial charge is 0.497 e. The van der Waals surface area contributed by atoms with E-state index in [1.165, 1.54) is 0 Å². The minimum atomic E-state index is 0.259. The fourth-order valence-corrected chi connectivity index (χ4v) is 1.02. The van der Waals surface area contributed by atoms with Crippen molar-refractivity contribution >= 4 is 11.6 Å². The first-order valence-corrected chi connectivity index (χ1v) is 4.10. The molecule has 0 aliphatic heterocycles. The van der Waals surface area contributed by atoms with Gasteiger partial charge in [-0.25, -0.2) is 0 Å². The Labute approximate surface area is 82.9 Å². The highest BCUT2D eigenvalue weighted by Gasteiger charge is 2.03. The zero-order chi connectivity index (χ0) is 10.6. The molecule has 0 atom stereocenters. The molecule has 0 fully saturated rings. The highest BCUT2D eigenvalue weighted by atomic mass is 16.5. The van der Waals surface area contributed by atoms with Gasteiger partial charge in [-0.2, -0.15) is 0 Å². The summed E-state index contributed by atoms with van der Waals surface area (Å²) in [6, 6.07) is 7.43. The molecule has 0 unspecified atom stereocenters. The lowest BCUT2D eigenvalue weighted by Gasteiger charge is -2.17. The first kappa shape index (κ1) is 10.2. The molecule has 0 radical (unpaired) electrons. The smallest absolute Gasteiger partial charge is 0.217 e. The molecule has 5 nitrogen and oxygen atoms in total. The van der Waals surface area contributed by atoms with Crippen LogP contribution in [0.3, 0.4) is 0 Å². The zero-order valence-corrected chi connectivity index (χ0v) is 8.27. The first-order chi connectivity index (χ1) is 6.69. The molecule has 0 saturated carbocycles. The molecule has 0 aliphatic rings. The van der Waals surface area contributed by atoms with Crippen LogP contribution in [0.2, 0.25) is 0 Å². The monoisotopic (exact) mass is 194 g/mol. The van der Waals surface area contributed by atoms with Crippen molar-refractivity contribution in [2.75, 3.05) is 19.1 Å². The Morgan fingerprint density at radius 1 is 1.36 bits per heavy atom. The van der Waals surface area contributed by atoms with Crippen LogP contribution in [0.25, 0.3) is 0 Å². The van der Waals surface area contributed by atoms with Crippen LogP contribution in [0.15, 0.2) is 29.4 Å². The molecule has 0 bridgehead atoms. The normalized spacial score (nSPS) is 11.1. The SMILES string of the molecule is COc1ccc(N(C)C(N)=NN)cc1. The third-order valence-corrected chi connectivity index (χ3v) is 1.94. The summed E-state index contributed by atoms with van der Waals surface area (Å²) in [5, 5.41) is 3.40. The van der Waals surface area contributed by atoms with Crippen molar-refractivity contribution in [2.45, 2.75) is 0 Å². The van der Waals surface area contributed by atoms with Crippen LogP contribution in [-0.2, 0) is 0 Å². The minimum absolute atomic E-state index is 0.259. The van der Waals surface area contributed by atoms with Crippen molar-refractivity contribution in [1.82, 2.24) is 0 Å². The van der Waals surface area contributed by atoms with E-state index in [1.807, 2.05) is 24.3 Å². The zero-order valence-electron chi connectivity index (χ0n) is 8.27. The molecular formula is C9H14N4O. The standard InChI is InChI=1S/C9H14N4O/c1-13(9(10)12-11)7-3-5-8(14-2)6-4-7/h3-6H,11H2,1-2H3,(H2,10,12). The van der Waals surface area contributed by atoms with Crippen molar-refractivity contribution in [2.24, 2.45) is 16.7 Å². The third-order valence-electron chi connectivity index (χ3n) is 1.94. The Bertz CT molecular complexity index is 320. The summed E-state index contributed by atoms with van der Waals surface area (Å²) in [6.45, 7) is 0. The van der Waals surface area contributed by atoms with Crippen LogP contribution >= 0.6 is 0 Å². The summed E-state index contributed by atoms with van der Waals surface area (Å²) in [5.41, 5.74) is 6.44. The molecule has 0 heterocycles. The number of benzene rings is 1. The average molecular weight is 194 g/mol. The Balaban J connectivity index is 2.86. The number of guanidine groups is 1. The second kappa shape index (κ2) is 4.36. The summed E-state index contributed by atoms with van der Waals surface area (Å²) in [6.07, 6.45) is 0. The average Bonchev–Trinajstić information content (AvgIpc) is 2.27. The number of methoxy groups -OCH3 is 1. The highest BCUT2D eigenvalue weighted by molar-refractivity contribution is 5.94. The molecular weight excluding hydrogens is 180 g/mol. The van der Waals surface area contributed by atoms with Gasteiger partial charge in [-0.3, -0.25) is 0 Å². The number of nitrogens with two attached hydrogens (primary N) is 2. The van der Waals surface area contributed by atoms with Gasteiger partial charge in [0.2, 0.25) is 5.96 Å². The van der Waals surface area contributed by atoms with Gasteiger partial charge in [-0.1, -0.05) is 0 Å². The predicted octanol–water partition coefficient (Wildman–Crippen LogP) is 0.320. The lowest BCUT2D eigenvalue weighted by atomic mass is 10.3. The molecule has 4 N–H and O–H groups in total. The molecule has 1 aromatic rings. The van der Waals surface area contributed by atoms with Gasteiger partial charge >= 0.3 is 0 Å². The van der Waals surface area contributed by atoms with E-state index in [-0.39, 0.29) is 5.96 Å². The van der Waals surface area contributed by atoms with Crippen molar-refractivity contribution in [3.8, 4) is 5.75 Å². The minimum Gasteiger partial charge on any atom is -0.497 e. The summed E-state index contributed by atoms with van der Waals surface area (Å²) in [4.78, 5) is 1.68. The molecule has 0 spiro atoms. The van der Waals surface area contributed by atoms with Crippen LogP contribution in [-0.4, -0.2) is 20.1 Å².